The Kier molecular flexibility index (Phi) is 5.87. The molecule has 9 heteroatoms. The monoisotopic (exact) mass is 444 g/mol. The van der Waals surface area contributed by atoms with E-state index in [-0.39, 0.29) is 5.91 Å². The fourth-order valence-corrected chi connectivity index (χ4v) is 4.06. The number of thioether (sulfide) groups is 1. The molecule has 0 unspecified atom stereocenters. The first-order valence-corrected chi connectivity index (χ1v) is 11.2. The van der Waals surface area contributed by atoms with Crippen molar-refractivity contribution in [2.45, 2.75) is 20.0 Å². The summed E-state index contributed by atoms with van der Waals surface area (Å²) in [5, 5.41) is 11.5. The van der Waals surface area contributed by atoms with Gasteiger partial charge in [0.15, 0.2) is 22.8 Å². The molecule has 1 atom stereocenters. The number of fused-ring (bicyclic) bond motifs is 2. The Bertz CT molecular complexity index is 1150. The number of rotatable bonds is 5. The zero-order valence-electron chi connectivity index (χ0n) is 16.8. The Labute approximate surface area is 183 Å². The summed E-state index contributed by atoms with van der Waals surface area (Å²) >= 11 is 7.89. The molecular weight excluding hydrogens is 424 g/mol. The number of ether oxygens (including phenoxy) is 2. The van der Waals surface area contributed by atoms with Crippen molar-refractivity contribution in [2.24, 2.45) is 10.1 Å². The summed E-state index contributed by atoms with van der Waals surface area (Å²) in [5.41, 5.74) is 1.20. The molecule has 0 fully saturated rings. The lowest BCUT2D eigenvalue weighted by atomic mass is 10.1. The summed E-state index contributed by atoms with van der Waals surface area (Å²) in [6.45, 7) is 4.71. The maximum atomic E-state index is 12.9. The van der Waals surface area contributed by atoms with Crippen molar-refractivity contribution in [1.29, 1.82) is 0 Å². The van der Waals surface area contributed by atoms with Crippen LogP contribution in [0.1, 0.15) is 25.6 Å². The number of nitrogens with zero attached hydrogens (tertiary/aromatic N) is 3. The summed E-state index contributed by atoms with van der Waals surface area (Å²) in [5.74, 6) is 0.812. The first kappa shape index (κ1) is 20.6. The fraction of sp³-hybridized carbons (Fsp3) is 0.286. The molecule has 0 aromatic heterocycles. The predicted molar refractivity (Wildman–Crippen MR) is 118 cm³/mol. The third kappa shape index (κ3) is 3.61. The Morgan fingerprint density at radius 2 is 1.97 bits per heavy atom. The second-order valence-corrected chi connectivity index (χ2v) is 7.67. The summed E-state index contributed by atoms with van der Waals surface area (Å²) in [6, 6.07) is 11.2. The maximum absolute atomic E-state index is 12.9. The van der Waals surface area contributed by atoms with Gasteiger partial charge in [-0.05, 0) is 38.3 Å². The molecule has 7 nitrogen and oxygen atoms in total. The third-order valence-corrected chi connectivity index (χ3v) is 5.48. The predicted octanol–water partition coefficient (Wildman–Crippen LogP) is 2.64. The van der Waals surface area contributed by atoms with Gasteiger partial charge in [0.05, 0.1) is 23.6 Å². The molecule has 0 aliphatic carbocycles. The van der Waals surface area contributed by atoms with E-state index in [1.54, 1.807) is 11.1 Å². The van der Waals surface area contributed by atoms with E-state index in [1.807, 2.05) is 50.4 Å². The molecule has 4 rings (SSSR count). The molecule has 0 bridgehead atoms. The van der Waals surface area contributed by atoms with E-state index in [2.05, 4.69) is 10.4 Å². The van der Waals surface area contributed by atoms with Crippen LogP contribution in [0, 0.1) is 0 Å². The van der Waals surface area contributed by atoms with Crippen LogP contribution in [0.5, 0.6) is 11.5 Å². The maximum Gasteiger partial charge on any atom is 0.276 e. The Balaban J connectivity index is 1.93. The fourth-order valence-electron chi connectivity index (χ4n) is 3.42. The van der Waals surface area contributed by atoms with E-state index in [4.69, 9.17) is 26.1 Å². The van der Waals surface area contributed by atoms with Gasteiger partial charge in [-0.25, -0.2) is 5.01 Å². The minimum atomic E-state index is -0.574. The van der Waals surface area contributed by atoms with Crippen molar-refractivity contribution >= 4 is 40.1 Å². The number of benzene rings is 2. The number of amidine groups is 1. The number of amides is 1. The number of halogens is 1. The number of hydrogen-bond donors (Lipinski definition) is 1. The number of nitrogens with one attached hydrogen (secondary N) is 1. The molecule has 2 aliphatic heterocycles. The summed E-state index contributed by atoms with van der Waals surface area (Å²) in [7, 11) is 0. The van der Waals surface area contributed by atoms with Crippen LogP contribution in [-0.4, -0.2) is 35.6 Å². The summed E-state index contributed by atoms with van der Waals surface area (Å²) < 4.78 is 11.5. The van der Waals surface area contributed by atoms with E-state index in [9.17, 15) is 4.79 Å². The van der Waals surface area contributed by atoms with E-state index in [0.717, 1.165) is 16.1 Å². The lowest BCUT2D eigenvalue weighted by molar-refractivity contribution is -0.116. The van der Waals surface area contributed by atoms with Crippen LogP contribution >= 0.6 is 23.4 Å². The molecular formula is C21H21ClN4O3S. The largest absolute Gasteiger partial charge is 0.490 e. The second-order valence-electron chi connectivity index (χ2n) is 6.47. The van der Waals surface area contributed by atoms with Crippen LogP contribution < -0.4 is 25.4 Å². The van der Waals surface area contributed by atoms with Crippen LogP contribution in [0.25, 0.3) is 5.70 Å². The highest BCUT2D eigenvalue weighted by atomic mass is 35.5. The Hall–Kier alpha value is -2.71. The molecule has 2 heterocycles. The van der Waals surface area contributed by atoms with Crippen LogP contribution in [0.15, 0.2) is 46.5 Å². The highest BCUT2D eigenvalue weighted by Crippen LogP contribution is 2.41. The van der Waals surface area contributed by atoms with Gasteiger partial charge in [0, 0.05) is 10.8 Å². The molecule has 30 heavy (non-hydrogen) atoms. The average molecular weight is 445 g/mol. The van der Waals surface area contributed by atoms with Gasteiger partial charge in [0.25, 0.3) is 5.91 Å². The third-order valence-electron chi connectivity index (χ3n) is 4.63. The molecule has 0 radical (unpaired) electrons. The van der Waals surface area contributed by atoms with E-state index >= 15 is 0 Å². The number of hydrogen-bond acceptors (Lipinski definition) is 7. The van der Waals surface area contributed by atoms with Crippen molar-refractivity contribution < 1.29 is 14.3 Å². The van der Waals surface area contributed by atoms with E-state index < -0.39 is 6.17 Å². The number of carbonyl (C=O) groups is 1. The Morgan fingerprint density at radius 3 is 2.70 bits per heavy atom. The molecule has 2 aromatic carbocycles. The van der Waals surface area contributed by atoms with Gasteiger partial charge in [-0.2, -0.15) is 0 Å². The average Bonchev–Trinajstić information content (AvgIpc) is 2.75. The normalized spacial score (nSPS) is 17.4. The number of hydrazone groups is 1. The molecule has 2 aromatic rings. The highest BCUT2D eigenvalue weighted by molar-refractivity contribution is 8.13. The molecule has 2 aliphatic rings. The van der Waals surface area contributed by atoms with E-state index in [1.165, 1.54) is 11.8 Å². The first-order chi connectivity index (χ1) is 14.6. The van der Waals surface area contributed by atoms with Crippen molar-refractivity contribution in [1.82, 2.24) is 10.3 Å². The molecule has 156 valence electrons. The molecule has 1 amide bonds. The molecule has 1 N–H and O–H groups in total. The smallest absolute Gasteiger partial charge is 0.276 e. The van der Waals surface area contributed by atoms with Crippen molar-refractivity contribution in [3.63, 3.8) is 0 Å². The summed E-state index contributed by atoms with van der Waals surface area (Å²) in [4.78, 5) is 17.8. The Morgan fingerprint density at radius 1 is 1.20 bits per heavy atom. The standard InChI is InChI=1S/C21H21ClN4O3S/c1-4-28-16-11-12(10-14(22)18(16)29-5-2)19-23-15-9-7-6-8-13(15)17-20(27)24-21(30-3)25-26(17)19/h6-11,19H,4-5H2,1-3H3,(H,24,25,27)/t19-/m0/s1. The van der Waals surface area contributed by atoms with Crippen LogP contribution in [0.3, 0.4) is 0 Å². The zero-order valence-corrected chi connectivity index (χ0v) is 18.4. The molecule has 0 saturated heterocycles. The SMILES string of the molecule is CCOc1cc([C@H]2N=c3ccccc3=C3C(=O)NC(SC)=NN32)cc(Cl)c1OCC. The zero-order chi connectivity index (χ0) is 21.3. The van der Waals surface area contributed by atoms with Crippen molar-refractivity contribution in [3.8, 4) is 11.5 Å². The molecule has 0 spiro atoms. The minimum Gasteiger partial charge on any atom is -0.490 e. The van der Waals surface area contributed by atoms with Crippen LogP contribution in [-0.2, 0) is 4.79 Å². The highest BCUT2D eigenvalue weighted by Gasteiger charge is 2.35. The lowest BCUT2D eigenvalue weighted by Gasteiger charge is -2.34. The quantitative estimate of drug-likeness (QED) is 0.767. The lowest BCUT2D eigenvalue weighted by Crippen LogP contribution is -2.50. The summed E-state index contributed by atoms with van der Waals surface area (Å²) in [6.07, 6.45) is 1.28. The van der Waals surface area contributed by atoms with Crippen molar-refractivity contribution in [3.05, 3.63) is 57.6 Å². The van der Waals surface area contributed by atoms with E-state index in [0.29, 0.717) is 40.6 Å². The molecule has 0 saturated carbocycles. The van der Waals surface area contributed by atoms with Gasteiger partial charge < -0.3 is 9.47 Å². The van der Waals surface area contributed by atoms with Gasteiger partial charge in [-0.1, -0.05) is 41.6 Å². The van der Waals surface area contributed by atoms with Gasteiger partial charge in [0.2, 0.25) is 0 Å². The first-order valence-electron chi connectivity index (χ1n) is 9.56. The van der Waals surface area contributed by atoms with Crippen molar-refractivity contribution in [2.75, 3.05) is 19.5 Å². The van der Waals surface area contributed by atoms with Crippen LogP contribution in [0.2, 0.25) is 5.02 Å². The topological polar surface area (TPSA) is 75.5 Å². The number of para-hydroxylation sites is 1. The number of carbonyl (C=O) groups excluding carboxylic acids is 1. The van der Waals surface area contributed by atoms with Gasteiger partial charge in [0.1, 0.15) is 5.70 Å². The van der Waals surface area contributed by atoms with Gasteiger partial charge in [-0.3, -0.25) is 15.1 Å². The van der Waals surface area contributed by atoms with Gasteiger partial charge in [-0.15, -0.1) is 5.10 Å². The van der Waals surface area contributed by atoms with Crippen LogP contribution in [0.4, 0.5) is 0 Å². The van der Waals surface area contributed by atoms with Gasteiger partial charge >= 0.3 is 0 Å². The minimum absolute atomic E-state index is 0.219. The second kappa shape index (κ2) is 8.57.